The average molecular weight is 767 g/mol. The van der Waals surface area contributed by atoms with Crippen LogP contribution in [-0.2, 0) is 0 Å². The Balaban J connectivity index is 0.000000150. The summed E-state index contributed by atoms with van der Waals surface area (Å²) in [4.78, 5) is 25.4. The molecule has 4 aromatic heterocycles. The summed E-state index contributed by atoms with van der Waals surface area (Å²) in [6.07, 6.45) is 0. The van der Waals surface area contributed by atoms with Gasteiger partial charge in [0.1, 0.15) is 45.6 Å². The Kier molecular flexibility index (Phi) is 9.32. The van der Waals surface area contributed by atoms with Crippen LogP contribution in [0.4, 0.5) is 8.78 Å². The van der Waals surface area contributed by atoms with E-state index in [0.29, 0.717) is 56.4 Å². The normalized spacial score (nSPS) is 11.1. The molecule has 0 bridgehead atoms. The van der Waals surface area contributed by atoms with Gasteiger partial charge < -0.3 is 8.83 Å². The molecule has 0 saturated carbocycles. The van der Waals surface area contributed by atoms with Crippen LogP contribution in [0.25, 0.3) is 78.3 Å². The van der Waals surface area contributed by atoms with Gasteiger partial charge in [-0.15, -0.1) is 10.2 Å². The van der Waals surface area contributed by atoms with Gasteiger partial charge in [0.05, 0.1) is 22.5 Å². The number of nitrogens with zero attached hydrogens (tertiary/aromatic N) is 6. The van der Waals surface area contributed by atoms with Crippen LogP contribution in [0.3, 0.4) is 0 Å². The van der Waals surface area contributed by atoms with Crippen LogP contribution in [0.2, 0.25) is 0 Å². The first-order chi connectivity index (χ1) is 28.4. The molecule has 12 heteroatoms. The topological polar surface area (TPSA) is 122 Å². The van der Waals surface area contributed by atoms with E-state index in [1.807, 2.05) is 97.1 Å². The quantitative estimate of drug-likeness (QED) is 0.153. The molecule has 280 valence electrons. The predicted octanol–water partition coefficient (Wildman–Crippen LogP) is 9.69. The van der Waals surface area contributed by atoms with Crippen LogP contribution in [0.1, 0.15) is 0 Å². The molecule has 0 amide bonds. The minimum atomic E-state index is -0.493. The molecule has 4 heterocycles. The Hall–Kier alpha value is -8.12. The van der Waals surface area contributed by atoms with Crippen LogP contribution in [0, 0.1) is 11.6 Å². The molecule has 0 saturated heterocycles. The van der Waals surface area contributed by atoms with E-state index in [1.165, 1.54) is 24.3 Å². The number of rotatable bonds is 6. The van der Waals surface area contributed by atoms with Gasteiger partial charge in [-0.1, -0.05) is 107 Å². The zero-order valence-corrected chi connectivity index (χ0v) is 30.2. The molecule has 0 aliphatic heterocycles. The van der Waals surface area contributed by atoms with E-state index in [1.54, 1.807) is 57.9 Å². The van der Waals surface area contributed by atoms with Crippen molar-refractivity contribution in [2.45, 2.75) is 0 Å². The third-order valence-electron chi connectivity index (χ3n) is 9.37. The molecule has 0 spiro atoms. The van der Waals surface area contributed by atoms with E-state index in [9.17, 15) is 18.4 Å². The maximum atomic E-state index is 13.4. The van der Waals surface area contributed by atoms with Crippen molar-refractivity contribution in [3.05, 3.63) is 202 Å². The van der Waals surface area contributed by atoms with E-state index in [0.717, 1.165) is 21.9 Å². The summed E-state index contributed by atoms with van der Waals surface area (Å²) in [6.45, 7) is 0. The Morgan fingerprint density at radius 2 is 0.793 bits per heavy atom. The number of benzene rings is 6. The molecule has 0 N–H and O–H groups in total. The molecule has 0 atom stereocenters. The maximum Gasteiger partial charge on any atom is 0.345 e. The van der Waals surface area contributed by atoms with Crippen molar-refractivity contribution < 1.29 is 17.6 Å². The number of halogens is 2. The fraction of sp³-hybridized carbons (Fsp3) is 0. The minimum absolute atomic E-state index is 0.316. The summed E-state index contributed by atoms with van der Waals surface area (Å²) >= 11 is 0. The molecule has 6 aromatic carbocycles. The average Bonchev–Trinajstić information content (AvgIpc) is 3.90. The third kappa shape index (κ3) is 6.86. The molecule has 0 fully saturated rings. The van der Waals surface area contributed by atoms with Gasteiger partial charge in [0.15, 0.2) is 0 Å². The number of hydrogen-bond acceptors (Lipinski definition) is 8. The van der Waals surface area contributed by atoms with Gasteiger partial charge in [-0.05, 0) is 72.8 Å². The smallest absolute Gasteiger partial charge is 0.345 e. The summed E-state index contributed by atoms with van der Waals surface area (Å²) in [7, 11) is 0. The number of para-hydroxylation sites is 2. The molecule has 10 aromatic rings. The van der Waals surface area contributed by atoms with Gasteiger partial charge in [0, 0.05) is 21.9 Å². The Labute approximate surface area is 327 Å². The molecule has 0 aliphatic rings. The number of fused-ring (bicyclic) bond motifs is 2. The summed E-state index contributed by atoms with van der Waals surface area (Å²) in [6, 6.07) is 49.0. The molecule has 0 aliphatic carbocycles. The second-order valence-corrected chi connectivity index (χ2v) is 13.1. The third-order valence-corrected chi connectivity index (χ3v) is 9.37. The van der Waals surface area contributed by atoms with Crippen molar-refractivity contribution in [1.29, 1.82) is 0 Å². The first-order valence-corrected chi connectivity index (χ1v) is 18.0. The van der Waals surface area contributed by atoms with Crippen molar-refractivity contribution in [2.24, 2.45) is 0 Å². The Bertz CT molecular complexity index is 2960. The second kappa shape index (κ2) is 15.2. The Morgan fingerprint density at radius 3 is 1.19 bits per heavy atom. The molecule has 0 unspecified atom stereocenters. The molecule has 58 heavy (non-hydrogen) atoms. The van der Waals surface area contributed by atoms with Crippen LogP contribution >= 0.6 is 0 Å². The number of hydrogen-bond donors (Lipinski definition) is 0. The molecular formula is C46H28F2N6O4. The van der Waals surface area contributed by atoms with Crippen molar-refractivity contribution in [3.63, 3.8) is 0 Å². The Morgan fingerprint density at radius 1 is 0.431 bits per heavy atom. The van der Waals surface area contributed by atoms with Crippen molar-refractivity contribution in [1.82, 2.24) is 30.0 Å². The highest BCUT2D eigenvalue weighted by molar-refractivity contribution is 5.86. The van der Waals surface area contributed by atoms with E-state index in [4.69, 9.17) is 8.83 Å². The van der Waals surface area contributed by atoms with Gasteiger partial charge >= 0.3 is 11.3 Å². The minimum Gasteiger partial charge on any atom is -0.422 e. The maximum absolute atomic E-state index is 13.4. The lowest BCUT2D eigenvalue weighted by molar-refractivity contribution is 0.563. The SMILES string of the molecule is O=c1oc2ccccc2cc1-c1nnn(-c2ccc(F)cc2)c1-c1ccccc1.O=c1oc2ccccc2cc1-c1nnn(-c2ccc(F)cc2)c1-c1ccccc1. The lowest BCUT2D eigenvalue weighted by atomic mass is 10.0. The highest BCUT2D eigenvalue weighted by Gasteiger charge is 2.23. The van der Waals surface area contributed by atoms with Gasteiger partial charge in [-0.3, -0.25) is 0 Å². The largest absolute Gasteiger partial charge is 0.422 e. The molecule has 10 rings (SSSR count). The van der Waals surface area contributed by atoms with Crippen molar-refractivity contribution >= 4 is 21.9 Å². The zero-order chi connectivity index (χ0) is 39.6. The van der Waals surface area contributed by atoms with Gasteiger partial charge in [-0.2, -0.15) is 0 Å². The first-order valence-electron chi connectivity index (χ1n) is 18.0. The standard InChI is InChI=1S/2C23H14FN3O2/c2*24-17-10-12-18(13-11-17)27-22(15-6-2-1-3-7-15)21(25-26-27)19-14-16-8-4-5-9-20(16)29-23(19)28/h2*1-14H. The second-order valence-electron chi connectivity index (χ2n) is 13.1. The zero-order valence-electron chi connectivity index (χ0n) is 30.2. The van der Waals surface area contributed by atoms with Gasteiger partial charge in [0.25, 0.3) is 0 Å². The lowest BCUT2D eigenvalue weighted by Crippen LogP contribution is -2.04. The van der Waals surface area contributed by atoms with E-state index >= 15 is 0 Å². The fourth-order valence-electron chi connectivity index (χ4n) is 6.62. The predicted molar refractivity (Wildman–Crippen MR) is 216 cm³/mol. The van der Waals surface area contributed by atoms with E-state index in [2.05, 4.69) is 20.6 Å². The molecule has 10 nitrogen and oxygen atoms in total. The lowest BCUT2D eigenvalue weighted by Gasteiger charge is -2.08. The first kappa shape index (κ1) is 35.6. The summed E-state index contributed by atoms with van der Waals surface area (Å²) in [5.41, 5.74) is 5.63. The van der Waals surface area contributed by atoms with Crippen LogP contribution in [0.15, 0.2) is 188 Å². The van der Waals surface area contributed by atoms with Gasteiger partial charge in [0.2, 0.25) is 0 Å². The summed E-state index contributed by atoms with van der Waals surface area (Å²) < 4.78 is 41.0. The molecule has 0 radical (unpaired) electrons. The van der Waals surface area contributed by atoms with E-state index in [-0.39, 0.29) is 11.6 Å². The summed E-state index contributed by atoms with van der Waals surface area (Å²) in [5, 5.41) is 18.7. The van der Waals surface area contributed by atoms with Crippen LogP contribution < -0.4 is 11.3 Å². The van der Waals surface area contributed by atoms with E-state index < -0.39 is 11.3 Å². The van der Waals surface area contributed by atoms with Gasteiger partial charge in [-0.25, -0.2) is 27.7 Å². The molecular weight excluding hydrogens is 739 g/mol. The number of aromatic nitrogens is 6. The van der Waals surface area contributed by atoms with Crippen LogP contribution in [0.5, 0.6) is 0 Å². The van der Waals surface area contributed by atoms with Crippen molar-refractivity contribution in [3.8, 4) is 56.4 Å². The van der Waals surface area contributed by atoms with Crippen molar-refractivity contribution in [2.75, 3.05) is 0 Å². The fourth-order valence-corrected chi connectivity index (χ4v) is 6.62. The van der Waals surface area contributed by atoms with Crippen LogP contribution in [-0.4, -0.2) is 30.0 Å². The highest BCUT2D eigenvalue weighted by atomic mass is 19.1. The highest BCUT2D eigenvalue weighted by Crippen LogP contribution is 2.33. The monoisotopic (exact) mass is 766 g/mol. The summed E-state index contributed by atoms with van der Waals surface area (Å²) in [5.74, 6) is -0.684.